The Morgan fingerprint density at radius 3 is 2.67 bits per heavy atom. The molecule has 154 valence electrons. The van der Waals surface area contributed by atoms with Crippen LogP contribution in [0.3, 0.4) is 0 Å². The van der Waals surface area contributed by atoms with Crippen LogP contribution in [0, 0.1) is 12.7 Å². The summed E-state index contributed by atoms with van der Waals surface area (Å²) in [5.41, 5.74) is 3.04. The third kappa shape index (κ3) is 3.91. The van der Waals surface area contributed by atoms with Gasteiger partial charge in [-0.3, -0.25) is 9.78 Å². The second-order valence-electron chi connectivity index (χ2n) is 7.21. The van der Waals surface area contributed by atoms with Crippen molar-refractivity contribution in [1.82, 2.24) is 10.3 Å². The number of amides is 1. The fraction of sp³-hybridized carbons (Fsp3) is 0.182. The number of hydrogen-bond donors (Lipinski definition) is 2. The molecule has 6 nitrogen and oxygen atoms in total. The standard InChI is InChI=1S/C22H20FN3O3S/c1-14-10-17(23)4-7-21(14)30(28,29)18-5-2-15(3-6-18)12-25-22(27)20-11-16-13-24-9-8-19(16)26-20/h2-10,13,20,26H,11-12H2,1H3,(H,25,27). The maximum atomic E-state index is 13.3. The Morgan fingerprint density at radius 2 is 1.97 bits per heavy atom. The summed E-state index contributed by atoms with van der Waals surface area (Å²) in [5, 5.41) is 6.04. The number of sulfone groups is 1. The van der Waals surface area contributed by atoms with E-state index < -0.39 is 15.7 Å². The van der Waals surface area contributed by atoms with E-state index in [0.717, 1.165) is 22.9 Å². The van der Waals surface area contributed by atoms with Gasteiger partial charge in [-0.05, 0) is 60.0 Å². The number of pyridine rings is 1. The van der Waals surface area contributed by atoms with Crippen molar-refractivity contribution in [3.8, 4) is 0 Å². The van der Waals surface area contributed by atoms with Crippen molar-refractivity contribution in [2.45, 2.75) is 35.7 Å². The molecule has 2 N–H and O–H groups in total. The number of carbonyl (C=O) groups is 1. The minimum Gasteiger partial charge on any atom is -0.373 e. The maximum Gasteiger partial charge on any atom is 0.243 e. The highest BCUT2D eigenvalue weighted by Crippen LogP contribution is 2.26. The summed E-state index contributed by atoms with van der Waals surface area (Å²) in [5.74, 6) is -0.613. The molecule has 2 aromatic carbocycles. The van der Waals surface area contributed by atoms with Crippen LogP contribution in [0.15, 0.2) is 70.7 Å². The summed E-state index contributed by atoms with van der Waals surface area (Å²) in [6.45, 7) is 1.84. The summed E-state index contributed by atoms with van der Waals surface area (Å²) in [7, 11) is -3.75. The molecule has 0 saturated carbocycles. The normalized spacial score (nSPS) is 15.3. The zero-order valence-corrected chi connectivity index (χ0v) is 17.0. The van der Waals surface area contributed by atoms with Crippen LogP contribution in [0.25, 0.3) is 0 Å². The molecule has 0 saturated heterocycles. The van der Waals surface area contributed by atoms with E-state index in [1.807, 2.05) is 6.07 Å². The number of aromatic nitrogens is 1. The van der Waals surface area contributed by atoms with Gasteiger partial charge >= 0.3 is 0 Å². The zero-order valence-electron chi connectivity index (χ0n) is 16.2. The third-order valence-corrected chi connectivity index (χ3v) is 7.03. The molecule has 1 atom stereocenters. The lowest BCUT2D eigenvalue weighted by Crippen LogP contribution is -2.38. The third-order valence-electron chi connectivity index (χ3n) is 5.10. The molecule has 0 spiro atoms. The molecular weight excluding hydrogens is 405 g/mol. The van der Waals surface area contributed by atoms with Gasteiger partial charge in [0.25, 0.3) is 0 Å². The first-order valence-corrected chi connectivity index (χ1v) is 10.9. The smallest absolute Gasteiger partial charge is 0.243 e. The predicted octanol–water partition coefficient (Wildman–Crippen LogP) is 3.01. The van der Waals surface area contributed by atoms with Crippen molar-refractivity contribution in [2.75, 3.05) is 5.32 Å². The molecule has 1 aliphatic heterocycles. The Kier molecular flexibility index (Phi) is 5.26. The number of carbonyl (C=O) groups excluding carboxylic acids is 1. The van der Waals surface area contributed by atoms with E-state index in [0.29, 0.717) is 12.0 Å². The van der Waals surface area contributed by atoms with Gasteiger partial charge in [-0.15, -0.1) is 0 Å². The van der Waals surface area contributed by atoms with Crippen molar-refractivity contribution in [3.63, 3.8) is 0 Å². The number of nitrogens with one attached hydrogen (secondary N) is 2. The first-order chi connectivity index (χ1) is 14.3. The molecule has 8 heteroatoms. The van der Waals surface area contributed by atoms with Crippen LogP contribution in [0.1, 0.15) is 16.7 Å². The van der Waals surface area contributed by atoms with Gasteiger partial charge < -0.3 is 10.6 Å². The van der Waals surface area contributed by atoms with Gasteiger partial charge in [0.1, 0.15) is 11.9 Å². The van der Waals surface area contributed by atoms with Crippen LogP contribution in [0.4, 0.5) is 10.1 Å². The highest BCUT2D eigenvalue weighted by Gasteiger charge is 2.26. The summed E-state index contributed by atoms with van der Waals surface area (Å²) in [4.78, 5) is 16.7. The molecule has 30 heavy (non-hydrogen) atoms. The number of aryl methyl sites for hydroxylation is 1. The Morgan fingerprint density at radius 1 is 1.20 bits per heavy atom. The van der Waals surface area contributed by atoms with E-state index in [-0.39, 0.29) is 28.3 Å². The van der Waals surface area contributed by atoms with Gasteiger partial charge in [0.2, 0.25) is 15.7 Å². The van der Waals surface area contributed by atoms with Crippen LogP contribution in [0.5, 0.6) is 0 Å². The van der Waals surface area contributed by atoms with Crippen molar-refractivity contribution < 1.29 is 17.6 Å². The van der Waals surface area contributed by atoms with Crippen LogP contribution in [0.2, 0.25) is 0 Å². The Bertz CT molecular complexity index is 1190. The van der Waals surface area contributed by atoms with E-state index in [1.165, 1.54) is 24.3 Å². The highest BCUT2D eigenvalue weighted by atomic mass is 32.2. The van der Waals surface area contributed by atoms with Crippen molar-refractivity contribution >= 4 is 21.4 Å². The van der Waals surface area contributed by atoms with Crippen LogP contribution >= 0.6 is 0 Å². The molecule has 2 heterocycles. The summed E-state index contributed by atoms with van der Waals surface area (Å²) in [6.07, 6.45) is 4.00. The number of benzene rings is 2. The Hall–Kier alpha value is -3.26. The minimum atomic E-state index is -3.75. The van der Waals surface area contributed by atoms with Crippen molar-refractivity contribution in [1.29, 1.82) is 0 Å². The summed E-state index contributed by atoms with van der Waals surface area (Å²) < 4.78 is 38.9. The second-order valence-corrected chi connectivity index (χ2v) is 9.13. The number of nitrogens with zero attached hydrogens (tertiary/aromatic N) is 1. The first-order valence-electron chi connectivity index (χ1n) is 9.42. The quantitative estimate of drug-likeness (QED) is 0.614. The van der Waals surface area contributed by atoms with Gasteiger partial charge in [0, 0.05) is 31.0 Å². The minimum absolute atomic E-state index is 0.0753. The molecule has 1 aromatic heterocycles. The SMILES string of the molecule is Cc1cc(F)ccc1S(=O)(=O)c1ccc(CNC(=O)C2Cc3cnccc3N2)cc1. The van der Waals surface area contributed by atoms with E-state index in [1.54, 1.807) is 31.5 Å². The van der Waals surface area contributed by atoms with Crippen LogP contribution in [-0.2, 0) is 27.6 Å². The van der Waals surface area contributed by atoms with E-state index in [2.05, 4.69) is 15.6 Å². The molecule has 0 fully saturated rings. The molecular formula is C22H20FN3O3S. The molecule has 0 radical (unpaired) electrons. The number of rotatable bonds is 5. The number of hydrogen-bond acceptors (Lipinski definition) is 5. The molecule has 1 unspecified atom stereocenters. The van der Waals surface area contributed by atoms with E-state index >= 15 is 0 Å². The van der Waals surface area contributed by atoms with Gasteiger partial charge in [0.05, 0.1) is 9.79 Å². The number of anilines is 1. The fourth-order valence-corrected chi connectivity index (χ4v) is 4.97. The molecule has 1 aliphatic rings. The van der Waals surface area contributed by atoms with Gasteiger partial charge in [-0.25, -0.2) is 12.8 Å². The topological polar surface area (TPSA) is 88.2 Å². The number of halogens is 1. The lowest BCUT2D eigenvalue weighted by molar-refractivity contribution is -0.121. The Labute approximate surface area is 174 Å². The molecule has 3 aromatic rings. The summed E-state index contributed by atoms with van der Waals surface area (Å²) >= 11 is 0. The lowest BCUT2D eigenvalue weighted by atomic mass is 10.1. The van der Waals surface area contributed by atoms with E-state index in [4.69, 9.17) is 0 Å². The fourth-order valence-electron chi connectivity index (χ4n) is 3.49. The molecule has 0 bridgehead atoms. The van der Waals surface area contributed by atoms with Crippen LogP contribution in [-0.4, -0.2) is 25.4 Å². The average Bonchev–Trinajstić information content (AvgIpc) is 3.16. The first kappa shape index (κ1) is 20.0. The van der Waals surface area contributed by atoms with Crippen molar-refractivity contribution in [3.05, 3.63) is 83.4 Å². The van der Waals surface area contributed by atoms with Crippen molar-refractivity contribution in [2.24, 2.45) is 0 Å². The summed E-state index contributed by atoms with van der Waals surface area (Å²) in [6, 6.07) is 11.4. The highest BCUT2D eigenvalue weighted by molar-refractivity contribution is 7.91. The zero-order chi connectivity index (χ0) is 21.3. The van der Waals surface area contributed by atoms with Gasteiger partial charge in [-0.1, -0.05) is 12.1 Å². The number of fused-ring (bicyclic) bond motifs is 1. The monoisotopic (exact) mass is 425 g/mol. The average molecular weight is 425 g/mol. The largest absolute Gasteiger partial charge is 0.373 e. The van der Waals surface area contributed by atoms with Crippen LogP contribution < -0.4 is 10.6 Å². The maximum absolute atomic E-state index is 13.3. The molecule has 0 aliphatic carbocycles. The van der Waals surface area contributed by atoms with Gasteiger partial charge in [0.15, 0.2) is 0 Å². The molecule has 1 amide bonds. The second kappa shape index (κ2) is 7.87. The lowest BCUT2D eigenvalue weighted by Gasteiger charge is -2.12. The molecule has 4 rings (SSSR count). The predicted molar refractivity (Wildman–Crippen MR) is 110 cm³/mol. The van der Waals surface area contributed by atoms with E-state index in [9.17, 15) is 17.6 Å². The Balaban J connectivity index is 1.41. The van der Waals surface area contributed by atoms with Gasteiger partial charge in [-0.2, -0.15) is 0 Å².